The van der Waals surface area contributed by atoms with Crippen LogP contribution in [0.25, 0.3) is 10.7 Å². The number of ketones is 1. The van der Waals surface area contributed by atoms with Gasteiger partial charge in [-0.15, -0.1) is 11.3 Å². The lowest BCUT2D eigenvalue weighted by molar-refractivity contribution is -0.296. The van der Waals surface area contributed by atoms with Gasteiger partial charge in [0, 0.05) is 29.5 Å². The molecule has 0 radical (unpaired) electrons. The maximum atomic E-state index is 17.0. The van der Waals surface area contributed by atoms with Crippen LogP contribution < -0.4 is 5.73 Å². The number of anilines is 1. The van der Waals surface area contributed by atoms with Gasteiger partial charge in [-0.05, 0) is 97.9 Å². The molecule has 12 atom stereocenters. The van der Waals surface area contributed by atoms with E-state index >= 15 is 4.39 Å². The van der Waals surface area contributed by atoms with Gasteiger partial charge in [0.15, 0.2) is 18.7 Å². The molecule has 18 heteroatoms. The largest absolute Gasteiger partial charge is 0.457 e. The Morgan fingerprint density at radius 3 is 2.39 bits per heavy atom. The van der Waals surface area contributed by atoms with Gasteiger partial charge in [-0.3, -0.25) is 9.59 Å². The summed E-state index contributed by atoms with van der Waals surface area (Å²) in [7, 11) is 3.65. The second kappa shape index (κ2) is 22.6. The molecule has 358 valence electrons. The molecule has 2 aromatic heterocycles. The number of alkyl halides is 1. The van der Waals surface area contributed by atoms with E-state index in [2.05, 4.69) is 20.1 Å². The number of nitrogens with zero attached hydrogens (tertiary/aromatic N) is 5. The number of aliphatic imine (C=N–C) groups is 1. The van der Waals surface area contributed by atoms with Gasteiger partial charge in [-0.2, -0.15) is 0 Å². The molecule has 2 aliphatic heterocycles. The van der Waals surface area contributed by atoms with Crippen molar-refractivity contribution in [1.82, 2.24) is 14.9 Å². The van der Waals surface area contributed by atoms with E-state index in [1.54, 1.807) is 32.9 Å². The first-order chi connectivity index (χ1) is 30.0. The highest BCUT2D eigenvalue weighted by Gasteiger charge is 2.55. The number of aromatic nitrogens is 2. The summed E-state index contributed by atoms with van der Waals surface area (Å²) >= 11 is 1.39. The smallest absolute Gasteiger partial charge is 0.351 e. The molecule has 16 nitrogen and oxygen atoms in total. The molecule has 4 rings (SSSR count). The van der Waals surface area contributed by atoms with Crippen molar-refractivity contribution in [3.63, 3.8) is 0 Å². The molecule has 4 heterocycles. The molecule has 2 aromatic rings. The third-order valence-electron chi connectivity index (χ3n) is 12.2. The lowest BCUT2D eigenvalue weighted by Gasteiger charge is -2.47. The number of thiazole rings is 1. The van der Waals surface area contributed by atoms with Gasteiger partial charge in [-0.1, -0.05) is 59.2 Å². The minimum atomic E-state index is -3.19. The van der Waals surface area contributed by atoms with Crippen LogP contribution in [0, 0.1) is 17.8 Å². The molecule has 2 saturated heterocycles. The van der Waals surface area contributed by atoms with Gasteiger partial charge >= 0.3 is 5.97 Å². The number of ether oxygens (including phenoxy) is 4. The van der Waals surface area contributed by atoms with Gasteiger partial charge in [0.25, 0.3) is 5.67 Å². The van der Waals surface area contributed by atoms with E-state index in [1.165, 1.54) is 25.2 Å². The summed E-state index contributed by atoms with van der Waals surface area (Å²) < 4.78 is 42.5. The van der Waals surface area contributed by atoms with Gasteiger partial charge in [-0.25, -0.2) is 24.1 Å². The topological polar surface area (TPSA) is 218 Å². The minimum absolute atomic E-state index is 0.0171. The Hall–Kier alpha value is -3.78. The van der Waals surface area contributed by atoms with Crippen molar-refractivity contribution in [2.45, 2.75) is 174 Å². The van der Waals surface area contributed by atoms with Crippen LogP contribution in [0.5, 0.6) is 0 Å². The van der Waals surface area contributed by atoms with Crippen molar-refractivity contribution < 1.29 is 52.8 Å². The number of hydrogen-bond acceptors (Lipinski definition) is 16. The number of carbonyl (C=O) groups excluding carboxylic acids is 3. The lowest BCUT2D eigenvalue weighted by atomic mass is 9.74. The predicted molar refractivity (Wildman–Crippen MR) is 243 cm³/mol. The molecule has 0 saturated carbocycles. The van der Waals surface area contributed by atoms with Gasteiger partial charge in [0.2, 0.25) is 5.91 Å². The summed E-state index contributed by atoms with van der Waals surface area (Å²) in [4.78, 5) is 62.6. The van der Waals surface area contributed by atoms with Crippen LogP contribution in [0.2, 0.25) is 0 Å². The summed E-state index contributed by atoms with van der Waals surface area (Å²) in [6, 6.07) is 4.91. The molecule has 0 aromatic carbocycles. The van der Waals surface area contributed by atoms with E-state index in [0.29, 0.717) is 52.9 Å². The van der Waals surface area contributed by atoms with Crippen LogP contribution in [0.3, 0.4) is 0 Å². The number of nitrogens with two attached hydrogens (primary N) is 1. The molecule has 2 aliphatic rings. The number of aliphatic hydroxyl groups excluding tert-OH is 1. The highest BCUT2D eigenvalue weighted by Crippen LogP contribution is 2.40. The number of likely N-dealkylation sites (N-methyl/N-ethyl adjacent to an activating group) is 1. The fourth-order valence-electron chi connectivity index (χ4n) is 8.83. The van der Waals surface area contributed by atoms with Crippen molar-refractivity contribution in [2.75, 3.05) is 26.4 Å². The van der Waals surface area contributed by atoms with Crippen molar-refractivity contribution in [2.24, 2.45) is 27.9 Å². The van der Waals surface area contributed by atoms with Gasteiger partial charge < -0.3 is 44.6 Å². The monoisotopic (exact) mass is 918 g/mol. The Labute approximate surface area is 381 Å². The SMILES string of the molecule is CCC/C(CO[C@]1(C)C[C@@H](C)C(=NC(=O)CC)[C@H](C)C[C@](C)(O)[C@@H](CC)OC(=O)[C@@](C)(F)C(=O)[C@H](C)[C@H]1O[C@@H]1O[C@H](C)CC(N(C)C)[C@H]1O)=N\OCc1csc(-c2cccc(N)n2)n1. The molecule has 1 unspecified atom stereocenters. The zero-order chi connectivity index (χ0) is 47.7. The van der Waals surface area contributed by atoms with Crippen molar-refractivity contribution in [3.8, 4) is 10.7 Å². The van der Waals surface area contributed by atoms with Crippen LogP contribution in [0.4, 0.5) is 10.2 Å². The second-order valence-corrected chi connectivity index (χ2v) is 19.2. The van der Waals surface area contributed by atoms with Crippen LogP contribution >= 0.6 is 11.3 Å². The number of carbonyl (C=O) groups is 3. The van der Waals surface area contributed by atoms with E-state index < -0.39 is 77.0 Å². The first-order valence-corrected chi connectivity index (χ1v) is 23.3. The summed E-state index contributed by atoms with van der Waals surface area (Å²) in [6.45, 7) is 16.2. The Kier molecular flexibility index (Phi) is 18.7. The van der Waals surface area contributed by atoms with E-state index in [4.69, 9.17) is 29.5 Å². The second-order valence-electron chi connectivity index (χ2n) is 18.3. The van der Waals surface area contributed by atoms with Gasteiger partial charge in [0.05, 0.1) is 41.4 Å². The molecular formula is C46H71FN6O10S. The Morgan fingerprint density at radius 1 is 1.08 bits per heavy atom. The standard InChI is InChI=1S/C46H71FN6O10S/c1-13-17-30(52-60-24-31-25-64-41(49-31)32-18-16-19-35(48)50-32)23-59-45(9)22-27(5)37(51-36(54)15-3)26(4)21-44(8,58)34(14-2)62-43(57)46(10,47)39(56)29(7)40(45)63-42-38(55)33(53(11)12)20-28(6)61-42/h16,18-19,25-29,33-34,38,40,42,55,58H,13-15,17,20-24H2,1-12H3,(H2,48,50)/b51-37?,52-30+/t26-,27-,28-,29+,33?,34-,38-,40-,42+,44+,45-,46+/m1/s1. The number of Topliss-reactive ketones (excluding diaryl/α,β-unsaturated/α-hetero) is 1. The Bertz CT molecular complexity index is 1960. The molecular weight excluding hydrogens is 848 g/mol. The fraction of sp³-hybridized carbons (Fsp3) is 0.717. The maximum absolute atomic E-state index is 17.0. The summed E-state index contributed by atoms with van der Waals surface area (Å²) in [6.07, 6.45) is -3.64. The summed E-state index contributed by atoms with van der Waals surface area (Å²) in [5.41, 5.74) is 1.62. The lowest BCUT2D eigenvalue weighted by Crippen LogP contribution is -2.61. The zero-order valence-corrected chi connectivity index (χ0v) is 40.4. The van der Waals surface area contributed by atoms with Crippen LogP contribution in [0.15, 0.2) is 33.7 Å². The maximum Gasteiger partial charge on any atom is 0.351 e. The molecule has 1 amide bonds. The fourth-order valence-corrected chi connectivity index (χ4v) is 9.61. The highest BCUT2D eigenvalue weighted by molar-refractivity contribution is 7.13. The third kappa shape index (κ3) is 13.2. The van der Waals surface area contributed by atoms with E-state index in [-0.39, 0.29) is 50.9 Å². The number of oxime groups is 1. The highest BCUT2D eigenvalue weighted by atomic mass is 32.1. The van der Waals surface area contributed by atoms with E-state index in [9.17, 15) is 24.6 Å². The van der Waals surface area contributed by atoms with Crippen LogP contribution in [-0.4, -0.2) is 128 Å². The van der Waals surface area contributed by atoms with Gasteiger partial charge in [0.1, 0.15) is 28.7 Å². The number of nitrogen functional groups attached to an aromatic ring is 1. The number of pyridine rings is 1. The number of halogens is 1. The average molecular weight is 919 g/mol. The number of amides is 1. The third-order valence-corrected chi connectivity index (χ3v) is 13.2. The first kappa shape index (κ1) is 52.8. The Balaban J connectivity index is 1.83. The van der Waals surface area contributed by atoms with Crippen LogP contribution in [0.1, 0.15) is 120 Å². The molecule has 64 heavy (non-hydrogen) atoms. The van der Waals surface area contributed by atoms with E-state index in [0.717, 1.165) is 6.92 Å². The van der Waals surface area contributed by atoms with Crippen molar-refractivity contribution in [1.29, 1.82) is 0 Å². The number of rotatable bonds is 14. The predicted octanol–water partition coefficient (Wildman–Crippen LogP) is 6.50. The number of aliphatic hydroxyl groups is 2. The number of esters is 1. The summed E-state index contributed by atoms with van der Waals surface area (Å²) in [5, 5.41) is 30.5. The number of hydrogen-bond donors (Lipinski definition) is 3. The summed E-state index contributed by atoms with van der Waals surface area (Å²) in [5.74, 6) is -5.18. The molecule has 0 aliphatic carbocycles. The molecule has 2 fully saturated rings. The van der Waals surface area contributed by atoms with E-state index in [1.807, 2.05) is 58.1 Å². The number of cyclic esters (lactones) is 1. The molecule has 4 N–H and O–H groups in total. The minimum Gasteiger partial charge on any atom is -0.457 e. The first-order valence-electron chi connectivity index (χ1n) is 22.4. The van der Waals surface area contributed by atoms with Crippen molar-refractivity contribution >= 4 is 46.2 Å². The van der Waals surface area contributed by atoms with Crippen molar-refractivity contribution in [3.05, 3.63) is 29.3 Å². The molecule has 0 bridgehead atoms. The quantitative estimate of drug-likeness (QED) is 0.0799. The zero-order valence-electron chi connectivity index (χ0n) is 39.6. The normalized spacial score (nSPS) is 34.4. The molecule has 0 spiro atoms. The van der Waals surface area contributed by atoms with Crippen LogP contribution in [-0.2, 0) is 44.8 Å². The average Bonchev–Trinajstić information content (AvgIpc) is 3.71. The Morgan fingerprint density at radius 2 is 1.77 bits per heavy atom.